The van der Waals surface area contributed by atoms with Gasteiger partial charge in [0, 0.05) is 13.7 Å². The largest absolute Gasteiger partial charge is 0.383 e. The number of nitrogens with one attached hydrogen (secondary N) is 1. The molecule has 15 heavy (non-hydrogen) atoms. The van der Waals surface area contributed by atoms with Crippen molar-refractivity contribution in [3.8, 4) is 0 Å². The average molecular weight is 234 g/mol. The van der Waals surface area contributed by atoms with Crippen LogP contribution in [-0.4, -0.2) is 35.6 Å². The molecular weight excluding hydrogens is 221 g/mol. The number of nitrogens with zero attached hydrogens (tertiary/aromatic N) is 2. The first-order valence-corrected chi connectivity index (χ1v) is 5.00. The molecule has 1 heterocycles. The molecule has 0 aliphatic heterocycles. The molecule has 0 spiro atoms. The molecule has 0 radical (unpaired) electrons. The van der Waals surface area contributed by atoms with Gasteiger partial charge in [-0.3, -0.25) is 0 Å². The van der Waals surface area contributed by atoms with E-state index in [0.29, 0.717) is 19.1 Å². The predicted molar refractivity (Wildman–Crippen MR) is 56.6 cm³/mol. The van der Waals surface area contributed by atoms with Gasteiger partial charge in [-0.15, -0.1) is 11.6 Å². The van der Waals surface area contributed by atoms with Gasteiger partial charge in [0.1, 0.15) is 0 Å². The van der Waals surface area contributed by atoms with Crippen LogP contribution in [0.25, 0.3) is 0 Å². The lowest BCUT2D eigenvalue weighted by molar-refractivity contribution is 0.196. The van der Waals surface area contributed by atoms with Gasteiger partial charge in [0.05, 0.1) is 24.4 Å². The summed E-state index contributed by atoms with van der Waals surface area (Å²) in [6, 6.07) is 0. The van der Waals surface area contributed by atoms with Crippen LogP contribution >= 0.6 is 11.6 Å². The maximum absolute atomic E-state index is 12.4. The predicted octanol–water partition coefficient (Wildman–Crippen LogP) is 1.67. The Morgan fingerprint density at radius 3 is 2.80 bits per heavy atom. The van der Waals surface area contributed by atoms with Crippen molar-refractivity contribution in [2.24, 2.45) is 0 Å². The maximum Gasteiger partial charge on any atom is 0.222 e. The second-order valence-electron chi connectivity index (χ2n) is 2.99. The van der Waals surface area contributed by atoms with E-state index in [2.05, 4.69) is 15.3 Å². The summed E-state index contributed by atoms with van der Waals surface area (Å²) in [4.78, 5) is 7.50. The van der Waals surface area contributed by atoms with E-state index >= 15 is 0 Å². The number of hydrogen-bond acceptors (Lipinski definition) is 4. The molecule has 0 bridgehead atoms. The van der Waals surface area contributed by atoms with Crippen molar-refractivity contribution in [1.82, 2.24) is 9.97 Å². The van der Waals surface area contributed by atoms with Crippen LogP contribution < -0.4 is 5.32 Å². The van der Waals surface area contributed by atoms with E-state index in [1.807, 2.05) is 0 Å². The molecular formula is C9H13ClFN3O. The van der Waals surface area contributed by atoms with Crippen molar-refractivity contribution in [1.29, 1.82) is 0 Å². The topological polar surface area (TPSA) is 47.0 Å². The quantitative estimate of drug-likeness (QED) is 0.760. The van der Waals surface area contributed by atoms with Gasteiger partial charge in [0.15, 0.2) is 5.82 Å². The van der Waals surface area contributed by atoms with Crippen LogP contribution in [0.5, 0.6) is 0 Å². The van der Waals surface area contributed by atoms with Gasteiger partial charge in [0.25, 0.3) is 0 Å². The van der Waals surface area contributed by atoms with Crippen LogP contribution in [-0.2, 0) is 4.74 Å². The lowest BCUT2D eigenvalue weighted by Gasteiger charge is -2.08. The van der Waals surface area contributed by atoms with Crippen LogP contribution in [0.2, 0.25) is 0 Å². The average Bonchev–Trinajstić information content (AvgIpc) is 2.21. The fourth-order valence-corrected chi connectivity index (χ4v) is 1.24. The van der Waals surface area contributed by atoms with E-state index in [1.54, 1.807) is 7.11 Å². The van der Waals surface area contributed by atoms with Crippen molar-refractivity contribution < 1.29 is 9.13 Å². The minimum absolute atomic E-state index is 0.0389. The van der Waals surface area contributed by atoms with Crippen molar-refractivity contribution in [3.63, 3.8) is 0 Å². The maximum atomic E-state index is 12.4. The molecule has 6 heteroatoms. The summed E-state index contributed by atoms with van der Waals surface area (Å²) in [5.41, 5.74) is 0. The molecule has 0 aliphatic rings. The highest BCUT2D eigenvalue weighted by Crippen LogP contribution is 2.03. The van der Waals surface area contributed by atoms with E-state index in [-0.39, 0.29) is 5.38 Å². The minimum atomic E-state index is -0.449. The van der Waals surface area contributed by atoms with Crippen molar-refractivity contribution in [2.75, 3.05) is 25.6 Å². The van der Waals surface area contributed by atoms with E-state index < -0.39 is 5.82 Å². The van der Waals surface area contributed by atoms with Gasteiger partial charge in [-0.05, 0) is 6.42 Å². The Kier molecular flexibility index (Phi) is 5.28. The zero-order valence-electron chi connectivity index (χ0n) is 8.41. The van der Waals surface area contributed by atoms with Gasteiger partial charge in [0.2, 0.25) is 5.95 Å². The fraction of sp³-hybridized carbons (Fsp3) is 0.556. The molecule has 0 saturated heterocycles. The minimum Gasteiger partial charge on any atom is -0.383 e. The zero-order valence-corrected chi connectivity index (χ0v) is 9.17. The first kappa shape index (κ1) is 12.1. The number of hydrogen-bond donors (Lipinski definition) is 1. The summed E-state index contributed by atoms with van der Waals surface area (Å²) in [6.45, 7) is 1.14. The molecule has 1 aromatic heterocycles. The van der Waals surface area contributed by atoms with Crippen LogP contribution in [0.4, 0.5) is 10.3 Å². The van der Waals surface area contributed by atoms with E-state index in [9.17, 15) is 4.39 Å². The van der Waals surface area contributed by atoms with E-state index in [4.69, 9.17) is 16.3 Å². The van der Waals surface area contributed by atoms with Crippen molar-refractivity contribution in [3.05, 3.63) is 18.2 Å². The normalized spacial score (nSPS) is 12.5. The summed E-state index contributed by atoms with van der Waals surface area (Å²) >= 11 is 5.91. The number of halogens is 2. The number of methoxy groups -OCH3 is 1. The van der Waals surface area contributed by atoms with Crippen LogP contribution in [0.1, 0.15) is 6.42 Å². The third-order valence-corrected chi connectivity index (χ3v) is 2.05. The third kappa shape index (κ3) is 4.90. The number of ether oxygens (including phenoxy) is 1. The monoisotopic (exact) mass is 233 g/mol. The van der Waals surface area contributed by atoms with Gasteiger partial charge < -0.3 is 10.1 Å². The highest BCUT2D eigenvalue weighted by Gasteiger charge is 2.03. The number of aromatic nitrogens is 2. The third-order valence-electron chi connectivity index (χ3n) is 1.71. The number of rotatable bonds is 6. The lowest BCUT2D eigenvalue weighted by Crippen LogP contribution is -2.14. The van der Waals surface area contributed by atoms with Crippen LogP contribution in [0.15, 0.2) is 12.4 Å². The fourth-order valence-electron chi connectivity index (χ4n) is 1.01. The zero-order chi connectivity index (χ0) is 11.1. The van der Waals surface area contributed by atoms with Gasteiger partial charge in [-0.25, -0.2) is 14.4 Å². The highest BCUT2D eigenvalue weighted by molar-refractivity contribution is 6.20. The smallest absolute Gasteiger partial charge is 0.222 e. The lowest BCUT2D eigenvalue weighted by atomic mass is 10.3. The molecule has 0 aliphatic carbocycles. The Morgan fingerprint density at radius 1 is 1.53 bits per heavy atom. The second kappa shape index (κ2) is 6.53. The number of alkyl halides is 1. The second-order valence-corrected chi connectivity index (χ2v) is 3.61. The summed E-state index contributed by atoms with van der Waals surface area (Å²) in [6.07, 6.45) is 2.96. The summed E-state index contributed by atoms with van der Waals surface area (Å²) in [7, 11) is 1.60. The van der Waals surface area contributed by atoms with Crippen LogP contribution in [0.3, 0.4) is 0 Å². The molecule has 0 fully saturated rings. The Bertz CT molecular complexity index is 283. The highest BCUT2D eigenvalue weighted by atomic mass is 35.5. The standard InChI is InChI=1S/C9H13ClFN3O/c1-15-6-7(10)2-3-12-9-13-4-8(11)5-14-9/h4-5,7H,2-3,6H2,1H3,(H,12,13,14). The molecule has 4 nitrogen and oxygen atoms in total. The Labute approximate surface area is 92.8 Å². The molecule has 1 rings (SSSR count). The van der Waals surface area contributed by atoms with Gasteiger partial charge >= 0.3 is 0 Å². The molecule has 1 aromatic rings. The van der Waals surface area contributed by atoms with Gasteiger partial charge in [-0.1, -0.05) is 0 Å². The SMILES string of the molecule is COCC(Cl)CCNc1ncc(F)cn1. The number of anilines is 1. The summed E-state index contributed by atoms with van der Waals surface area (Å²) < 4.78 is 17.3. The Morgan fingerprint density at radius 2 is 2.20 bits per heavy atom. The Hall–Kier alpha value is -0.940. The molecule has 0 aromatic carbocycles. The van der Waals surface area contributed by atoms with Crippen molar-refractivity contribution >= 4 is 17.5 Å². The van der Waals surface area contributed by atoms with E-state index in [0.717, 1.165) is 18.8 Å². The molecule has 0 saturated carbocycles. The molecule has 1 unspecified atom stereocenters. The molecule has 84 valence electrons. The van der Waals surface area contributed by atoms with Crippen LogP contribution in [0, 0.1) is 5.82 Å². The molecule has 0 amide bonds. The molecule has 1 N–H and O–H groups in total. The Balaban J connectivity index is 2.22. The summed E-state index contributed by atoms with van der Waals surface area (Å²) in [5, 5.41) is 2.89. The van der Waals surface area contributed by atoms with E-state index in [1.165, 1.54) is 0 Å². The molecule has 1 atom stereocenters. The van der Waals surface area contributed by atoms with Crippen molar-refractivity contribution in [2.45, 2.75) is 11.8 Å². The first-order chi connectivity index (χ1) is 7.22. The van der Waals surface area contributed by atoms with Gasteiger partial charge in [-0.2, -0.15) is 0 Å². The first-order valence-electron chi connectivity index (χ1n) is 4.57. The summed E-state index contributed by atoms with van der Waals surface area (Å²) in [5.74, 6) is -0.0483.